The monoisotopic (exact) mass is 374 g/mol. The number of hydrogen-bond acceptors (Lipinski definition) is 4. The van der Waals surface area contributed by atoms with Gasteiger partial charge in [-0.2, -0.15) is 0 Å². The molecule has 0 aliphatic rings. The van der Waals surface area contributed by atoms with Crippen molar-refractivity contribution in [2.75, 3.05) is 34.3 Å². The van der Waals surface area contributed by atoms with E-state index >= 15 is 0 Å². The minimum Gasteiger partial charge on any atom is -0.494 e. The lowest BCUT2D eigenvalue weighted by Crippen LogP contribution is -2.43. The second-order valence-electron chi connectivity index (χ2n) is 6.65. The lowest BCUT2D eigenvalue weighted by Gasteiger charge is -2.27. The molecule has 1 N–H and O–H groups in total. The molecule has 1 heterocycles. The van der Waals surface area contributed by atoms with Crippen LogP contribution in [0.5, 0.6) is 5.75 Å². The first-order valence-electron chi connectivity index (χ1n) is 8.83. The summed E-state index contributed by atoms with van der Waals surface area (Å²) in [6.07, 6.45) is 3.45. The molecule has 7 heteroatoms. The third-order valence-corrected chi connectivity index (χ3v) is 4.22. The van der Waals surface area contributed by atoms with Gasteiger partial charge in [-0.25, -0.2) is 9.18 Å². The van der Waals surface area contributed by atoms with Crippen LogP contribution in [-0.4, -0.2) is 55.1 Å². The molecule has 0 aliphatic heterocycles. The Balaban J connectivity index is 2.07. The Hall–Kier alpha value is -2.67. The van der Waals surface area contributed by atoms with Crippen LogP contribution in [0, 0.1) is 5.82 Å². The van der Waals surface area contributed by atoms with Crippen molar-refractivity contribution >= 4 is 6.03 Å². The molecule has 1 unspecified atom stereocenters. The van der Waals surface area contributed by atoms with Gasteiger partial charge in [0.1, 0.15) is 0 Å². The van der Waals surface area contributed by atoms with Gasteiger partial charge in [-0.3, -0.25) is 4.98 Å². The Bertz CT molecular complexity index is 740. The zero-order valence-corrected chi connectivity index (χ0v) is 16.3. The molecule has 0 spiro atoms. The minimum atomic E-state index is -0.448. The molecule has 0 aliphatic carbocycles. The van der Waals surface area contributed by atoms with Gasteiger partial charge in [-0.05, 0) is 50.3 Å². The maximum atomic E-state index is 13.9. The number of pyridine rings is 1. The maximum Gasteiger partial charge on any atom is 0.318 e. The molecule has 0 radical (unpaired) electrons. The number of urea groups is 1. The fourth-order valence-corrected chi connectivity index (χ4v) is 2.60. The van der Waals surface area contributed by atoms with Crippen molar-refractivity contribution in [1.82, 2.24) is 20.1 Å². The Labute approximate surface area is 160 Å². The van der Waals surface area contributed by atoms with Crippen molar-refractivity contribution < 1.29 is 13.9 Å². The SMILES string of the molecule is COc1ccc(C(C)NC(=O)N(CCN(C)C)Cc2cccnc2)cc1F. The fraction of sp³-hybridized carbons (Fsp3) is 0.400. The first-order chi connectivity index (χ1) is 12.9. The van der Waals surface area contributed by atoms with Crippen LogP contribution in [0.3, 0.4) is 0 Å². The van der Waals surface area contributed by atoms with E-state index in [1.165, 1.54) is 13.2 Å². The average molecular weight is 374 g/mol. The van der Waals surface area contributed by atoms with Gasteiger partial charge >= 0.3 is 6.03 Å². The molecule has 27 heavy (non-hydrogen) atoms. The number of carbonyl (C=O) groups is 1. The van der Waals surface area contributed by atoms with Gasteiger partial charge < -0.3 is 19.9 Å². The molecule has 146 valence electrons. The van der Waals surface area contributed by atoms with Gasteiger partial charge in [0.05, 0.1) is 13.2 Å². The number of nitrogens with one attached hydrogen (secondary N) is 1. The van der Waals surface area contributed by atoms with E-state index in [1.54, 1.807) is 29.4 Å². The summed E-state index contributed by atoms with van der Waals surface area (Å²) in [5.74, 6) is -0.266. The molecule has 1 aromatic carbocycles. The fourth-order valence-electron chi connectivity index (χ4n) is 2.60. The normalized spacial score (nSPS) is 11.9. The zero-order valence-electron chi connectivity index (χ0n) is 16.3. The van der Waals surface area contributed by atoms with Gasteiger partial charge in [0.25, 0.3) is 0 Å². The van der Waals surface area contributed by atoms with E-state index in [9.17, 15) is 9.18 Å². The van der Waals surface area contributed by atoms with E-state index in [4.69, 9.17) is 4.74 Å². The smallest absolute Gasteiger partial charge is 0.318 e. The zero-order chi connectivity index (χ0) is 19.8. The highest BCUT2D eigenvalue weighted by Gasteiger charge is 2.18. The van der Waals surface area contributed by atoms with Crippen molar-refractivity contribution in [3.63, 3.8) is 0 Å². The molecule has 0 saturated heterocycles. The first-order valence-corrected chi connectivity index (χ1v) is 8.83. The maximum absolute atomic E-state index is 13.9. The third-order valence-electron chi connectivity index (χ3n) is 4.22. The number of amides is 2. The standard InChI is InChI=1S/C20H27FN4O2/c1-15(17-7-8-19(27-4)18(21)12-17)23-20(26)25(11-10-24(2)3)14-16-6-5-9-22-13-16/h5-9,12-13,15H,10-11,14H2,1-4H3,(H,23,26). The van der Waals surface area contributed by atoms with Crippen LogP contribution in [0.25, 0.3) is 0 Å². The van der Waals surface area contributed by atoms with E-state index in [0.29, 0.717) is 18.7 Å². The lowest BCUT2D eigenvalue weighted by atomic mass is 10.1. The van der Waals surface area contributed by atoms with Gasteiger partial charge in [-0.15, -0.1) is 0 Å². The quantitative estimate of drug-likeness (QED) is 0.772. The molecule has 2 aromatic rings. The predicted molar refractivity (Wildman–Crippen MR) is 103 cm³/mol. The van der Waals surface area contributed by atoms with Crippen molar-refractivity contribution in [3.8, 4) is 5.75 Å². The van der Waals surface area contributed by atoms with Crippen molar-refractivity contribution in [1.29, 1.82) is 0 Å². The number of likely N-dealkylation sites (N-methyl/N-ethyl adjacent to an activating group) is 1. The summed E-state index contributed by atoms with van der Waals surface area (Å²) in [5, 5.41) is 2.95. The Kier molecular flexibility index (Phi) is 7.55. The Morgan fingerprint density at radius 1 is 1.30 bits per heavy atom. The number of rotatable bonds is 8. The summed E-state index contributed by atoms with van der Waals surface area (Å²) in [5.41, 5.74) is 1.63. The van der Waals surface area contributed by atoms with Crippen molar-refractivity contribution in [3.05, 3.63) is 59.7 Å². The second-order valence-corrected chi connectivity index (χ2v) is 6.65. The van der Waals surface area contributed by atoms with Gasteiger partial charge in [0, 0.05) is 32.0 Å². The highest BCUT2D eigenvalue weighted by Crippen LogP contribution is 2.22. The Morgan fingerprint density at radius 2 is 2.07 bits per heavy atom. The number of ether oxygens (including phenoxy) is 1. The topological polar surface area (TPSA) is 57.7 Å². The molecular formula is C20H27FN4O2. The summed E-state index contributed by atoms with van der Waals surface area (Å²) < 4.78 is 18.9. The molecule has 2 amide bonds. The highest BCUT2D eigenvalue weighted by molar-refractivity contribution is 5.74. The van der Waals surface area contributed by atoms with E-state index in [0.717, 1.165) is 12.1 Å². The van der Waals surface area contributed by atoms with Crippen molar-refractivity contribution in [2.45, 2.75) is 19.5 Å². The average Bonchev–Trinajstić information content (AvgIpc) is 2.65. The van der Waals surface area contributed by atoms with E-state index in [2.05, 4.69) is 10.3 Å². The summed E-state index contributed by atoms with van der Waals surface area (Å²) in [4.78, 5) is 20.7. The van der Waals surface area contributed by atoms with Crippen LogP contribution in [-0.2, 0) is 6.54 Å². The number of halogens is 1. The molecule has 0 fully saturated rings. The summed E-state index contributed by atoms with van der Waals surface area (Å²) in [7, 11) is 5.34. The third kappa shape index (κ3) is 6.21. The summed E-state index contributed by atoms with van der Waals surface area (Å²) in [6, 6.07) is 7.93. The molecule has 1 aromatic heterocycles. The second kappa shape index (κ2) is 9.87. The molecule has 2 rings (SSSR count). The first kappa shape index (κ1) is 20.6. The van der Waals surface area contributed by atoms with Crippen LogP contribution in [0.15, 0.2) is 42.7 Å². The number of aromatic nitrogens is 1. The van der Waals surface area contributed by atoms with E-state index in [-0.39, 0.29) is 17.8 Å². The van der Waals surface area contributed by atoms with Crippen LogP contribution in [0.2, 0.25) is 0 Å². The number of methoxy groups -OCH3 is 1. The molecule has 0 saturated carbocycles. The van der Waals surface area contributed by atoms with Gasteiger partial charge in [0.15, 0.2) is 11.6 Å². The number of hydrogen-bond donors (Lipinski definition) is 1. The van der Waals surface area contributed by atoms with Crippen LogP contribution >= 0.6 is 0 Å². The van der Waals surface area contributed by atoms with E-state index in [1.807, 2.05) is 38.1 Å². The van der Waals surface area contributed by atoms with Crippen LogP contribution in [0.1, 0.15) is 24.1 Å². The lowest BCUT2D eigenvalue weighted by molar-refractivity contribution is 0.185. The number of carbonyl (C=O) groups excluding carboxylic acids is 1. The summed E-state index contributed by atoms with van der Waals surface area (Å²) in [6.45, 7) is 3.58. The molecule has 1 atom stereocenters. The minimum absolute atomic E-state index is 0.182. The van der Waals surface area contributed by atoms with Crippen molar-refractivity contribution in [2.24, 2.45) is 0 Å². The van der Waals surface area contributed by atoms with Crippen LogP contribution in [0.4, 0.5) is 9.18 Å². The highest BCUT2D eigenvalue weighted by atomic mass is 19.1. The number of nitrogens with zero attached hydrogens (tertiary/aromatic N) is 3. The molecule has 6 nitrogen and oxygen atoms in total. The van der Waals surface area contributed by atoms with E-state index < -0.39 is 5.82 Å². The predicted octanol–water partition coefficient (Wildman–Crippen LogP) is 3.06. The largest absolute Gasteiger partial charge is 0.494 e. The molecular weight excluding hydrogens is 347 g/mol. The Morgan fingerprint density at radius 3 is 2.67 bits per heavy atom. The van der Waals surface area contributed by atoms with Crippen LogP contribution < -0.4 is 10.1 Å². The summed E-state index contributed by atoms with van der Waals surface area (Å²) >= 11 is 0. The van der Waals surface area contributed by atoms with Gasteiger partial charge in [0.2, 0.25) is 0 Å². The van der Waals surface area contributed by atoms with Gasteiger partial charge in [-0.1, -0.05) is 12.1 Å². The molecule has 0 bridgehead atoms. The number of benzene rings is 1.